The van der Waals surface area contributed by atoms with Gasteiger partial charge in [-0.25, -0.2) is 9.78 Å². The number of benzene rings is 2. The molecule has 0 aliphatic carbocycles. The average Bonchev–Trinajstić information content (AvgIpc) is 2.82. The summed E-state index contributed by atoms with van der Waals surface area (Å²) < 4.78 is 52.1. The van der Waals surface area contributed by atoms with Crippen LogP contribution in [0.2, 0.25) is 0 Å². The molecule has 0 spiro atoms. The van der Waals surface area contributed by atoms with Gasteiger partial charge in [0.1, 0.15) is 22.9 Å². The summed E-state index contributed by atoms with van der Waals surface area (Å²) in [6, 6.07) is 12.0. The van der Waals surface area contributed by atoms with Gasteiger partial charge in [0.05, 0.1) is 19.9 Å². The highest BCUT2D eigenvalue weighted by atomic mass is 19.4. The Balaban J connectivity index is 1.99. The lowest BCUT2D eigenvalue weighted by Gasteiger charge is -2.16. The van der Waals surface area contributed by atoms with Crippen LogP contribution in [0.5, 0.6) is 11.5 Å². The summed E-state index contributed by atoms with van der Waals surface area (Å²) in [6.45, 7) is 3.95. The molecule has 1 heterocycles. The Labute approximate surface area is 200 Å². The molecule has 3 aromatic rings. The minimum absolute atomic E-state index is 0.0532. The van der Waals surface area contributed by atoms with Crippen molar-refractivity contribution in [2.75, 3.05) is 24.9 Å². The first-order valence-corrected chi connectivity index (χ1v) is 10.7. The third-order valence-corrected chi connectivity index (χ3v) is 4.96. The summed E-state index contributed by atoms with van der Waals surface area (Å²) in [6.07, 6.45) is -4.01. The molecule has 0 radical (unpaired) electrons. The van der Waals surface area contributed by atoms with Crippen molar-refractivity contribution in [2.45, 2.75) is 32.7 Å². The molecular formula is C24H25F3N4O4. The van der Waals surface area contributed by atoms with Crippen LogP contribution in [0.1, 0.15) is 30.6 Å². The highest BCUT2D eigenvalue weighted by molar-refractivity contribution is 5.93. The average molecular weight is 490 g/mol. The number of ether oxygens (including phenoxy) is 3. The molecule has 0 fully saturated rings. The molecule has 2 N–H and O–H groups in total. The molecule has 0 aliphatic heterocycles. The number of nitrogens with one attached hydrogen (secondary N) is 2. The SMILES string of the molecule is CC[C@H](C)Nc1nc(Nc2ccc(C(=O)OC)c(OC)c2)cc(-c2cccc(OC(F)(F)F)c2)n1. The molecule has 1 atom stereocenters. The number of alkyl halides is 3. The van der Waals surface area contributed by atoms with E-state index in [1.54, 1.807) is 30.3 Å². The van der Waals surface area contributed by atoms with E-state index in [0.29, 0.717) is 34.5 Å². The number of rotatable bonds is 9. The third-order valence-electron chi connectivity index (χ3n) is 4.96. The molecule has 2 aromatic carbocycles. The fraction of sp³-hybridized carbons (Fsp3) is 0.292. The smallest absolute Gasteiger partial charge is 0.496 e. The second-order valence-corrected chi connectivity index (χ2v) is 7.52. The number of carbonyl (C=O) groups excluding carboxylic acids is 1. The van der Waals surface area contributed by atoms with Crippen molar-refractivity contribution in [1.29, 1.82) is 0 Å². The summed E-state index contributed by atoms with van der Waals surface area (Å²) in [5.41, 5.74) is 1.59. The zero-order chi connectivity index (χ0) is 25.6. The molecule has 186 valence electrons. The van der Waals surface area contributed by atoms with Gasteiger partial charge in [-0.3, -0.25) is 0 Å². The van der Waals surface area contributed by atoms with Crippen molar-refractivity contribution in [3.63, 3.8) is 0 Å². The number of methoxy groups -OCH3 is 2. The van der Waals surface area contributed by atoms with E-state index < -0.39 is 12.3 Å². The number of nitrogens with zero attached hydrogens (tertiary/aromatic N) is 2. The van der Waals surface area contributed by atoms with E-state index in [1.165, 1.54) is 32.4 Å². The lowest BCUT2D eigenvalue weighted by molar-refractivity contribution is -0.274. The van der Waals surface area contributed by atoms with Crippen LogP contribution >= 0.6 is 0 Å². The van der Waals surface area contributed by atoms with Crippen molar-refractivity contribution in [3.8, 4) is 22.8 Å². The van der Waals surface area contributed by atoms with Gasteiger partial charge in [-0.1, -0.05) is 19.1 Å². The van der Waals surface area contributed by atoms with E-state index in [2.05, 4.69) is 25.3 Å². The van der Waals surface area contributed by atoms with Crippen LogP contribution in [0, 0.1) is 0 Å². The quantitative estimate of drug-likeness (QED) is 0.364. The maximum atomic E-state index is 12.7. The van der Waals surface area contributed by atoms with Crippen molar-refractivity contribution in [1.82, 2.24) is 9.97 Å². The van der Waals surface area contributed by atoms with Crippen LogP contribution in [-0.4, -0.2) is 42.6 Å². The summed E-state index contributed by atoms with van der Waals surface area (Å²) in [5, 5.41) is 6.30. The summed E-state index contributed by atoms with van der Waals surface area (Å²) in [7, 11) is 2.70. The Kier molecular flexibility index (Phi) is 8.00. The summed E-state index contributed by atoms with van der Waals surface area (Å²) in [4.78, 5) is 20.9. The molecular weight excluding hydrogens is 465 g/mol. The Morgan fingerprint density at radius 1 is 1.09 bits per heavy atom. The van der Waals surface area contributed by atoms with Gasteiger partial charge in [0, 0.05) is 29.4 Å². The number of anilines is 3. The third kappa shape index (κ3) is 6.98. The maximum Gasteiger partial charge on any atom is 0.573 e. The van der Waals surface area contributed by atoms with Gasteiger partial charge in [-0.05, 0) is 37.6 Å². The number of hydrogen-bond acceptors (Lipinski definition) is 8. The van der Waals surface area contributed by atoms with Gasteiger partial charge in [0.15, 0.2) is 0 Å². The molecule has 11 heteroatoms. The zero-order valence-electron chi connectivity index (χ0n) is 19.6. The van der Waals surface area contributed by atoms with E-state index >= 15 is 0 Å². The fourth-order valence-corrected chi connectivity index (χ4v) is 3.09. The first-order chi connectivity index (χ1) is 16.6. The standard InChI is InChI=1S/C24H25F3N4O4/c1-5-14(2)28-23-30-19(15-7-6-8-17(11-15)35-24(25,26)27)13-21(31-23)29-16-9-10-18(22(32)34-4)20(12-16)33-3/h6-14H,5H2,1-4H3,(H2,28,29,30,31)/t14-/m0/s1. The van der Waals surface area contributed by atoms with Gasteiger partial charge < -0.3 is 24.8 Å². The Morgan fingerprint density at radius 3 is 2.51 bits per heavy atom. The minimum atomic E-state index is -4.81. The Bertz CT molecular complexity index is 1190. The van der Waals surface area contributed by atoms with E-state index in [-0.39, 0.29) is 17.4 Å². The van der Waals surface area contributed by atoms with Gasteiger partial charge in [-0.15, -0.1) is 13.2 Å². The lowest BCUT2D eigenvalue weighted by atomic mass is 10.1. The van der Waals surface area contributed by atoms with Gasteiger partial charge in [0.25, 0.3) is 0 Å². The topological polar surface area (TPSA) is 94.6 Å². The van der Waals surface area contributed by atoms with E-state index in [9.17, 15) is 18.0 Å². The fourth-order valence-electron chi connectivity index (χ4n) is 3.09. The number of aromatic nitrogens is 2. The molecule has 8 nitrogen and oxygen atoms in total. The molecule has 35 heavy (non-hydrogen) atoms. The molecule has 0 amide bonds. The first-order valence-electron chi connectivity index (χ1n) is 10.7. The Morgan fingerprint density at radius 2 is 1.86 bits per heavy atom. The first kappa shape index (κ1) is 25.6. The zero-order valence-corrected chi connectivity index (χ0v) is 19.6. The van der Waals surface area contributed by atoms with Crippen LogP contribution in [0.25, 0.3) is 11.3 Å². The molecule has 0 bridgehead atoms. The molecule has 0 saturated heterocycles. The summed E-state index contributed by atoms with van der Waals surface area (Å²) >= 11 is 0. The number of carbonyl (C=O) groups is 1. The van der Waals surface area contributed by atoms with Crippen molar-refractivity contribution >= 4 is 23.4 Å². The van der Waals surface area contributed by atoms with Crippen LogP contribution in [0.15, 0.2) is 48.5 Å². The van der Waals surface area contributed by atoms with Crippen LogP contribution in [-0.2, 0) is 4.74 Å². The minimum Gasteiger partial charge on any atom is -0.496 e. The highest BCUT2D eigenvalue weighted by Crippen LogP contribution is 2.30. The predicted molar refractivity (Wildman–Crippen MR) is 125 cm³/mol. The van der Waals surface area contributed by atoms with Gasteiger partial charge in [-0.2, -0.15) is 4.98 Å². The second-order valence-electron chi connectivity index (χ2n) is 7.52. The van der Waals surface area contributed by atoms with Crippen molar-refractivity contribution in [2.24, 2.45) is 0 Å². The number of hydrogen-bond donors (Lipinski definition) is 2. The lowest BCUT2D eigenvalue weighted by Crippen LogP contribution is -2.17. The molecule has 0 unspecified atom stereocenters. The second kappa shape index (κ2) is 10.9. The largest absolute Gasteiger partial charge is 0.573 e. The van der Waals surface area contributed by atoms with Crippen LogP contribution < -0.4 is 20.1 Å². The van der Waals surface area contributed by atoms with E-state index in [0.717, 1.165) is 6.42 Å². The maximum absolute atomic E-state index is 12.7. The highest BCUT2D eigenvalue weighted by Gasteiger charge is 2.31. The van der Waals surface area contributed by atoms with E-state index in [1.807, 2.05) is 13.8 Å². The molecule has 0 saturated carbocycles. The van der Waals surface area contributed by atoms with Gasteiger partial charge in [0.2, 0.25) is 5.95 Å². The summed E-state index contributed by atoms with van der Waals surface area (Å²) in [5.74, 6) is 0.0583. The molecule has 1 aromatic heterocycles. The van der Waals surface area contributed by atoms with Crippen molar-refractivity contribution in [3.05, 3.63) is 54.1 Å². The normalized spacial score (nSPS) is 12.0. The molecule has 3 rings (SSSR count). The monoisotopic (exact) mass is 490 g/mol. The van der Waals surface area contributed by atoms with Crippen LogP contribution in [0.3, 0.4) is 0 Å². The van der Waals surface area contributed by atoms with Crippen LogP contribution in [0.4, 0.5) is 30.6 Å². The number of esters is 1. The van der Waals surface area contributed by atoms with Gasteiger partial charge >= 0.3 is 12.3 Å². The Hall–Kier alpha value is -4.02. The van der Waals surface area contributed by atoms with E-state index in [4.69, 9.17) is 9.47 Å². The predicted octanol–water partition coefficient (Wildman–Crippen LogP) is 5.79. The molecule has 0 aliphatic rings. The van der Waals surface area contributed by atoms with Crippen molar-refractivity contribution < 1.29 is 32.2 Å². The number of halogens is 3.